The van der Waals surface area contributed by atoms with Gasteiger partial charge in [-0.2, -0.15) is 5.10 Å². The Morgan fingerprint density at radius 2 is 2.07 bits per heavy atom. The van der Waals surface area contributed by atoms with E-state index in [0.717, 1.165) is 33.6 Å². The van der Waals surface area contributed by atoms with Crippen LogP contribution in [0.1, 0.15) is 34.1 Å². The van der Waals surface area contributed by atoms with Gasteiger partial charge in [0.05, 0.1) is 16.7 Å². The predicted molar refractivity (Wildman–Crippen MR) is 118 cm³/mol. The SMILES string of the molecule is CCn1cc(Br)c(CN(C)C(=O)c2cccc(COc3ccc(Cl)cc3C)c2)n1. The van der Waals surface area contributed by atoms with Crippen LogP contribution in [0.4, 0.5) is 0 Å². The van der Waals surface area contributed by atoms with Gasteiger partial charge in [0, 0.05) is 30.4 Å². The standard InChI is InChI=1S/C22H23BrClN3O2/c1-4-27-12-19(23)20(25-27)13-26(3)22(28)17-7-5-6-16(11-17)14-29-21-9-8-18(24)10-15(21)2/h5-12H,4,13-14H2,1-3H3. The molecule has 7 heteroatoms. The molecule has 0 spiro atoms. The minimum Gasteiger partial charge on any atom is -0.489 e. The van der Waals surface area contributed by atoms with Gasteiger partial charge in [-0.3, -0.25) is 9.48 Å². The lowest BCUT2D eigenvalue weighted by molar-refractivity contribution is 0.0782. The molecule has 1 aromatic heterocycles. The number of hydrogen-bond donors (Lipinski definition) is 0. The molecule has 0 N–H and O–H groups in total. The minimum absolute atomic E-state index is 0.0625. The molecule has 0 saturated heterocycles. The van der Waals surface area contributed by atoms with Crippen molar-refractivity contribution < 1.29 is 9.53 Å². The number of carbonyl (C=O) groups excluding carboxylic acids is 1. The summed E-state index contributed by atoms with van der Waals surface area (Å²) in [5.74, 6) is 0.715. The average Bonchev–Trinajstić information content (AvgIpc) is 3.06. The molecular weight excluding hydrogens is 454 g/mol. The number of aromatic nitrogens is 2. The third-order valence-corrected chi connectivity index (χ3v) is 5.45. The van der Waals surface area contributed by atoms with Crippen molar-refractivity contribution in [2.45, 2.75) is 33.5 Å². The molecule has 0 bridgehead atoms. The van der Waals surface area contributed by atoms with Crippen LogP contribution in [-0.2, 0) is 19.7 Å². The molecule has 0 saturated carbocycles. The van der Waals surface area contributed by atoms with Crippen LogP contribution in [0.3, 0.4) is 0 Å². The molecule has 1 heterocycles. The molecule has 152 valence electrons. The zero-order valence-corrected chi connectivity index (χ0v) is 19.0. The highest BCUT2D eigenvalue weighted by Crippen LogP contribution is 2.23. The van der Waals surface area contributed by atoms with E-state index in [1.165, 1.54) is 0 Å². The summed E-state index contributed by atoms with van der Waals surface area (Å²) in [6.07, 6.45) is 1.92. The van der Waals surface area contributed by atoms with Gasteiger partial charge in [-0.15, -0.1) is 0 Å². The Morgan fingerprint density at radius 1 is 1.28 bits per heavy atom. The fourth-order valence-corrected chi connectivity index (χ4v) is 3.62. The number of ether oxygens (including phenoxy) is 1. The van der Waals surface area contributed by atoms with E-state index in [-0.39, 0.29) is 5.91 Å². The fraction of sp³-hybridized carbons (Fsp3) is 0.273. The van der Waals surface area contributed by atoms with Crippen LogP contribution in [0.25, 0.3) is 0 Å². The summed E-state index contributed by atoms with van der Waals surface area (Å²) in [5, 5.41) is 5.17. The van der Waals surface area contributed by atoms with Gasteiger partial charge in [-0.25, -0.2) is 0 Å². The van der Waals surface area contributed by atoms with Crippen molar-refractivity contribution in [3.63, 3.8) is 0 Å². The van der Waals surface area contributed by atoms with E-state index in [9.17, 15) is 4.79 Å². The number of benzene rings is 2. The van der Waals surface area contributed by atoms with Gasteiger partial charge in [-0.05, 0) is 71.2 Å². The second kappa shape index (κ2) is 9.46. The normalized spacial score (nSPS) is 10.8. The quantitative estimate of drug-likeness (QED) is 0.454. The lowest BCUT2D eigenvalue weighted by Gasteiger charge is -2.17. The molecule has 0 atom stereocenters. The Hall–Kier alpha value is -2.31. The number of rotatable bonds is 7. The van der Waals surface area contributed by atoms with Gasteiger partial charge < -0.3 is 9.64 Å². The Balaban J connectivity index is 1.67. The van der Waals surface area contributed by atoms with E-state index < -0.39 is 0 Å². The summed E-state index contributed by atoms with van der Waals surface area (Å²) in [6, 6.07) is 13.0. The summed E-state index contributed by atoms with van der Waals surface area (Å²) < 4.78 is 8.64. The third kappa shape index (κ3) is 5.40. The number of amides is 1. The van der Waals surface area contributed by atoms with Crippen LogP contribution in [-0.4, -0.2) is 27.6 Å². The maximum Gasteiger partial charge on any atom is 0.253 e. The van der Waals surface area contributed by atoms with Gasteiger partial charge in [0.15, 0.2) is 0 Å². The summed E-state index contributed by atoms with van der Waals surface area (Å²) in [6.45, 7) is 5.56. The third-order valence-electron chi connectivity index (χ3n) is 4.55. The van der Waals surface area contributed by atoms with Gasteiger partial charge in [0.25, 0.3) is 5.91 Å². The van der Waals surface area contributed by atoms with Crippen LogP contribution >= 0.6 is 27.5 Å². The monoisotopic (exact) mass is 475 g/mol. The first-order valence-electron chi connectivity index (χ1n) is 9.32. The molecule has 5 nitrogen and oxygen atoms in total. The first-order chi connectivity index (χ1) is 13.9. The smallest absolute Gasteiger partial charge is 0.253 e. The first-order valence-corrected chi connectivity index (χ1v) is 10.5. The summed E-state index contributed by atoms with van der Waals surface area (Å²) in [7, 11) is 1.78. The Kier molecular flexibility index (Phi) is 6.98. The Bertz CT molecular complexity index is 1020. The number of nitrogens with zero attached hydrogens (tertiary/aromatic N) is 3. The zero-order chi connectivity index (χ0) is 21.0. The van der Waals surface area contributed by atoms with E-state index in [2.05, 4.69) is 21.0 Å². The summed E-state index contributed by atoms with van der Waals surface area (Å²) >= 11 is 9.50. The largest absolute Gasteiger partial charge is 0.489 e. The Labute approximate surface area is 184 Å². The average molecular weight is 477 g/mol. The molecule has 0 aliphatic carbocycles. The lowest BCUT2D eigenvalue weighted by Crippen LogP contribution is -2.26. The van der Waals surface area contributed by atoms with Crippen LogP contribution in [0.15, 0.2) is 53.1 Å². The predicted octanol–water partition coefficient (Wildman–Crippen LogP) is 5.48. The number of halogens is 2. The highest BCUT2D eigenvalue weighted by Gasteiger charge is 2.16. The zero-order valence-electron chi connectivity index (χ0n) is 16.7. The second-order valence-corrected chi connectivity index (χ2v) is 8.13. The van der Waals surface area contributed by atoms with E-state index in [1.54, 1.807) is 18.0 Å². The molecule has 3 rings (SSSR count). The minimum atomic E-state index is -0.0625. The molecule has 0 fully saturated rings. The van der Waals surface area contributed by atoms with Crippen LogP contribution in [0.5, 0.6) is 5.75 Å². The van der Waals surface area contributed by atoms with Crippen molar-refractivity contribution in [2.75, 3.05) is 7.05 Å². The van der Waals surface area contributed by atoms with E-state index >= 15 is 0 Å². The molecule has 2 aromatic carbocycles. The number of carbonyl (C=O) groups is 1. The second-order valence-electron chi connectivity index (χ2n) is 6.84. The van der Waals surface area contributed by atoms with Crippen LogP contribution in [0.2, 0.25) is 5.02 Å². The van der Waals surface area contributed by atoms with E-state index in [1.807, 2.05) is 61.1 Å². The van der Waals surface area contributed by atoms with E-state index in [0.29, 0.717) is 23.7 Å². The molecular formula is C22H23BrClN3O2. The highest BCUT2D eigenvalue weighted by molar-refractivity contribution is 9.10. The molecule has 0 aliphatic heterocycles. The van der Waals surface area contributed by atoms with Crippen molar-refractivity contribution in [2.24, 2.45) is 0 Å². The molecule has 29 heavy (non-hydrogen) atoms. The molecule has 0 aliphatic rings. The first kappa shape index (κ1) is 21.4. The van der Waals surface area contributed by atoms with Gasteiger partial charge in [0.1, 0.15) is 12.4 Å². The topological polar surface area (TPSA) is 47.4 Å². The summed E-state index contributed by atoms with van der Waals surface area (Å²) in [5.41, 5.74) is 3.35. The van der Waals surface area contributed by atoms with E-state index in [4.69, 9.17) is 16.3 Å². The highest BCUT2D eigenvalue weighted by atomic mass is 79.9. The molecule has 0 radical (unpaired) electrons. The Morgan fingerprint density at radius 3 is 2.76 bits per heavy atom. The van der Waals surface area contributed by atoms with Gasteiger partial charge >= 0.3 is 0 Å². The van der Waals surface area contributed by atoms with Crippen molar-refractivity contribution in [3.05, 3.63) is 80.5 Å². The van der Waals surface area contributed by atoms with Gasteiger partial charge in [0.2, 0.25) is 0 Å². The van der Waals surface area contributed by atoms with Crippen molar-refractivity contribution in [1.29, 1.82) is 0 Å². The molecule has 3 aromatic rings. The number of hydrogen-bond acceptors (Lipinski definition) is 3. The summed E-state index contributed by atoms with van der Waals surface area (Å²) in [4.78, 5) is 14.5. The van der Waals surface area contributed by atoms with Gasteiger partial charge in [-0.1, -0.05) is 23.7 Å². The van der Waals surface area contributed by atoms with Crippen molar-refractivity contribution >= 4 is 33.4 Å². The van der Waals surface area contributed by atoms with Crippen LogP contribution < -0.4 is 4.74 Å². The van der Waals surface area contributed by atoms with Crippen molar-refractivity contribution in [1.82, 2.24) is 14.7 Å². The lowest BCUT2D eigenvalue weighted by atomic mass is 10.1. The van der Waals surface area contributed by atoms with Crippen LogP contribution in [0, 0.1) is 6.92 Å². The molecule has 1 amide bonds. The maximum atomic E-state index is 12.9. The van der Waals surface area contributed by atoms with Crippen molar-refractivity contribution in [3.8, 4) is 5.75 Å². The molecule has 0 unspecified atom stereocenters. The fourth-order valence-electron chi connectivity index (χ4n) is 2.95. The maximum absolute atomic E-state index is 12.9. The number of aryl methyl sites for hydroxylation is 2.